The topological polar surface area (TPSA) is 101 Å². The summed E-state index contributed by atoms with van der Waals surface area (Å²) in [6.07, 6.45) is 2.06. The molecule has 2 amide bonds. The molecule has 0 atom stereocenters. The zero-order valence-corrected chi connectivity index (χ0v) is 15.1. The molecule has 0 spiro atoms. The van der Waals surface area contributed by atoms with Gasteiger partial charge in [-0.3, -0.25) is 9.59 Å². The number of rotatable bonds is 7. The van der Waals surface area contributed by atoms with Gasteiger partial charge in [0.05, 0.1) is 6.26 Å². The van der Waals surface area contributed by atoms with Crippen LogP contribution in [0.25, 0.3) is 11.6 Å². The van der Waals surface area contributed by atoms with Crippen molar-refractivity contribution in [3.63, 3.8) is 0 Å². The number of amides is 2. The summed E-state index contributed by atoms with van der Waals surface area (Å²) in [4.78, 5) is 29.3. The third kappa shape index (κ3) is 5.04. The van der Waals surface area contributed by atoms with Crippen LogP contribution in [0.2, 0.25) is 0 Å². The van der Waals surface area contributed by atoms with Gasteiger partial charge >= 0.3 is 0 Å². The van der Waals surface area contributed by atoms with Crippen molar-refractivity contribution >= 4 is 17.5 Å². The molecule has 2 heterocycles. The van der Waals surface area contributed by atoms with Crippen LogP contribution in [0.5, 0.6) is 0 Å². The SMILES string of the molecule is CC(=O)N(C)Cc1cccc(NC(=O)CCc2nc(-c3ccco3)no2)c1. The molecule has 0 aliphatic carbocycles. The highest BCUT2D eigenvalue weighted by Gasteiger charge is 2.12. The van der Waals surface area contributed by atoms with Crippen molar-refractivity contribution in [3.05, 3.63) is 54.1 Å². The molecular formula is C19H20N4O4. The molecular weight excluding hydrogens is 348 g/mol. The van der Waals surface area contributed by atoms with E-state index in [4.69, 9.17) is 8.94 Å². The molecule has 27 heavy (non-hydrogen) atoms. The predicted molar refractivity (Wildman–Crippen MR) is 97.5 cm³/mol. The van der Waals surface area contributed by atoms with Crippen LogP contribution < -0.4 is 5.32 Å². The first-order valence-corrected chi connectivity index (χ1v) is 8.48. The summed E-state index contributed by atoms with van der Waals surface area (Å²) in [5.74, 6) is 1.07. The normalized spacial score (nSPS) is 10.6. The predicted octanol–water partition coefficient (Wildman–Crippen LogP) is 2.88. The smallest absolute Gasteiger partial charge is 0.238 e. The van der Waals surface area contributed by atoms with Gasteiger partial charge in [-0.25, -0.2) is 0 Å². The number of furan rings is 1. The van der Waals surface area contributed by atoms with E-state index in [1.807, 2.05) is 18.2 Å². The van der Waals surface area contributed by atoms with E-state index in [0.717, 1.165) is 5.56 Å². The molecule has 0 aliphatic rings. The highest BCUT2D eigenvalue weighted by atomic mass is 16.5. The van der Waals surface area contributed by atoms with Gasteiger partial charge in [-0.15, -0.1) is 0 Å². The molecule has 2 aromatic heterocycles. The van der Waals surface area contributed by atoms with Crippen molar-refractivity contribution in [2.24, 2.45) is 0 Å². The number of nitrogens with zero attached hydrogens (tertiary/aromatic N) is 3. The quantitative estimate of drug-likeness (QED) is 0.688. The average Bonchev–Trinajstić information content (AvgIpc) is 3.31. The van der Waals surface area contributed by atoms with Gasteiger partial charge in [-0.05, 0) is 29.8 Å². The third-order valence-electron chi connectivity index (χ3n) is 3.94. The maximum Gasteiger partial charge on any atom is 0.238 e. The standard InChI is InChI=1S/C19H20N4O4/c1-13(24)23(2)12-14-5-3-6-15(11-14)20-17(25)8-9-18-21-19(22-27-18)16-7-4-10-26-16/h3-7,10-11H,8-9,12H2,1-2H3,(H,20,25). The summed E-state index contributed by atoms with van der Waals surface area (Å²) < 4.78 is 10.3. The lowest BCUT2D eigenvalue weighted by Crippen LogP contribution is -2.23. The molecule has 0 bridgehead atoms. The second-order valence-electron chi connectivity index (χ2n) is 6.11. The summed E-state index contributed by atoms with van der Waals surface area (Å²) >= 11 is 0. The number of nitrogens with one attached hydrogen (secondary N) is 1. The maximum atomic E-state index is 12.2. The lowest BCUT2D eigenvalue weighted by Gasteiger charge is -2.15. The van der Waals surface area contributed by atoms with E-state index in [2.05, 4.69) is 15.5 Å². The number of hydrogen-bond acceptors (Lipinski definition) is 6. The molecule has 8 nitrogen and oxygen atoms in total. The zero-order chi connectivity index (χ0) is 19.2. The maximum absolute atomic E-state index is 12.2. The molecule has 1 N–H and O–H groups in total. The summed E-state index contributed by atoms with van der Waals surface area (Å²) in [6, 6.07) is 10.9. The van der Waals surface area contributed by atoms with Crippen LogP contribution >= 0.6 is 0 Å². The van der Waals surface area contributed by atoms with E-state index in [-0.39, 0.29) is 18.2 Å². The Morgan fingerprint density at radius 2 is 2.07 bits per heavy atom. The molecule has 3 aromatic rings. The summed E-state index contributed by atoms with van der Waals surface area (Å²) in [6.45, 7) is 2.00. The van der Waals surface area contributed by atoms with Crippen LogP contribution in [0.15, 0.2) is 51.6 Å². The Balaban J connectivity index is 1.53. The van der Waals surface area contributed by atoms with E-state index >= 15 is 0 Å². The number of aryl methyl sites for hydroxylation is 1. The number of benzene rings is 1. The average molecular weight is 368 g/mol. The number of aromatic nitrogens is 2. The highest BCUT2D eigenvalue weighted by Crippen LogP contribution is 2.17. The van der Waals surface area contributed by atoms with E-state index in [1.54, 1.807) is 30.1 Å². The van der Waals surface area contributed by atoms with Crippen molar-refractivity contribution < 1.29 is 18.5 Å². The minimum absolute atomic E-state index is 0.0158. The molecule has 0 radical (unpaired) electrons. The summed E-state index contributed by atoms with van der Waals surface area (Å²) in [7, 11) is 1.73. The van der Waals surface area contributed by atoms with Crippen molar-refractivity contribution in [2.75, 3.05) is 12.4 Å². The van der Waals surface area contributed by atoms with Crippen molar-refractivity contribution in [2.45, 2.75) is 26.3 Å². The van der Waals surface area contributed by atoms with Crippen LogP contribution in [0.1, 0.15) is 24.8 Å². The van der Waals surface area contributed by atoms with Gasteiger partial charge in [0, 0.05) is 39.0 Å². The molecule has 0 saturated heterocycles. The van der Waals surface area contributed by atoms with Crippen molar-refractivity contribution in [1.29, 1.82) is 0 Å². The fourth-order valence-electron chi connectivity index (χ4n) is 2.44. The largest absolute Gasteiger partial charge is 0.461 e. The second-order valence-corrected chi connectivity index (χ2v) is 6.11. The Bertz CT molecular complexity index is 917. The molecule has 0 saturated carbocycles. The van der Waals surface area contributed by atoms with Crippen molar-refractivity contribution in [1.82, 2.24) is 15.0 Å². The van der Waals surface area contributed by atoms with Gasteiger partial charge in [-0.2, -0.15) is 4.98 Å². The number of carbonyl (C=O) groups excluding carboxylic acids is 2. The van der Waals surface area contributed by atoms with Crippen LogP contribution in [0.3, 0.4) is 0 Å². The number of anilines is 1. The van der Waals surface area contributed by atoms with E-state index in [9.17, 15) is 9.59 Å². The van der Waals surface area contributed by atoms with Crippen LogP contribution in [-0.2, 0) is 22.6 Å². The Hall–Kier alpha value is -3.42. The Labute approximate surface area is 156 Å². The summed E-state index contributed by atoms with van der Waals surface area (Å²) in [5, 5.41) is 6.67. The minimum atomic E-state index is -0.162. The lowest BCUT2D eigenvalue weighted by atomic mass is 10.2. The van der Waals surface area contributed by atoms with Crippen molar-refractivity contribution in [3.8, 4) is 11.6 Å². The Morgan fingerprint density at radius 1 is 1.22 bits per heavy atom. The molecule has 3 rings (SSSR count). The molecule has 0 unspecified atom stereocenters. The van der Waals surface area contributed by atoms with Gasteiger partial charge in [0.1, 0.15) is 0 Å². The van der Waals surface area contributed by atoms with Gasteiger partial charge < -0.3 is 19.2 Å². The molecule has 1 aromatic carbocycles. The second kappa shape index (κ2) is 8.31. The van der Waals surface area contributed by atoms with Crippen LogP contribution in [0.4, 0.5) is 5.69 Å². The van der Waals surface area contributed by atoms with Gasteiger partial charge in [0.2, 0.25) is 23.5 Å². The zero-order valence-electron chi connectivity index (χ0n) is 15.1. The van der Waals surface area contributed by atoms with E-state index < -0.39 is 0 Å². The fraction of sp³-hybridized carbons (Fsp3) is 0.263. The highest BCUT2D eigenvalue weighted by molar-refractivity contribution is 5.90. The summed E-state index contributed by atoms with van der Waals surface area (Å²) in [5.41, 5.74) is 1.61. The lowest BCUT2D eigenvalue weighted by molar-refractivity contribution is -0.128. The Kier molecular flexibility index (Phi) is 5.65. The first-order valence-electron chi connectivity index (χ1n) is 8.48. The van der Waals surface area contributed by atoms with E-state index in [0.29, 0.717) is 36.1 Å². The van der Waals surface area contributed by atoms with E-state index in [1.165, 1.54) is 13.2 Å². The molecule has 140 valence electrons. The first-order chi connectivity index (χ1) is 13.0. The minimum Gasteiger partial charge on any atom is -0.461 e. The first kappa shape index (κ1) is 18.4. The van der Waals surface area contributed by atoms with Crippen LogP contribution in [0, 0.1) is 0 Å². The van der Waals surface area contributed by atoms with Gasteiger partial charge in [0.25, 0.3) is 0 Å². The third-order valence-corrected chi connectivity index (χ3v) is 3.94. The molecule has 8 heteroatoms. The molecule has 0 fully saturated rings. The number of carbonyl (C=O) groups is 2. The number of hydrogen-bond donors (Lipinski definition) is 1. The monoisotopic (exact) mass is 368 g/mol. The fourth-order valence-corrected chi connectivity index (χ4v) is 2.44. The van der Waals surface area contributed by atoms with Gasteiger partial charge in [-0.1, -0.05) is 17.3 Å². The van der Waals surface area contributed by atoms with Gasteiger partial charge in [0.15, 0.2) is 5.76 Å². The molecule has 0 aliphatic heterocycles. The van der Waals surface area contributed by atoms with Crippen LogP contribution in [-0.4, -0.2) is 33.9 Å². The Morgan fingerprint density at radius 3 is 2.81 bits per heavy atom.